The zero-order valence-corrected chi connectivity index (χ0v) is 13.1. The van der Waals surface area contributed by atoms with E-state index in [-0.39, 0.29) is 18.0 Å². The largest absolute Gasteiger partial charge is 0.453 e. The number of aromatic nitrogens is 1. The Balaban J connectivity index is 1.70. The van der Waals surface area contributed by atoms with Crippen LogP contribution in [0.5, 0.6) is 11.5 Å². The molecule has 126 valence electrons. The quantitative estimate of drug-likeness (QED) is 0.527. The fraction of sp³-hybridized carbons (Fsp3) is 0.0556. The topological polar surface area (TPSA) is 77.3 Å². The summed E-state index contributed by atoms with van der Waals surface area (Å²) in [6, 6.07) is 14.2. The molecule has 1 heterocycles. The summed E-state index contributed by atoms with van der Waals surface area (Å²) in [7, 11) is 0. The van der Waals surface area contributed by atoms with Crippen LogP contribution < -0.4 is 10.1 Å². The van der Waals surface area contributed by atoms with Crippen LogP contribution in [0.2, 0.25) is 0 Å². The smallest absolute Gasteiger partial charge is 0.292 e. The number of hydrogen-bond donors (Lipinski definition) is 1. The number of nitrogens with one attached hydrogen (secondary N) is 1. The number of pyridine rings is 1. The molecule has 0 amide bonds. The van der Waals surface area contributed by atoms with Crippen LogP contribution in [0.4, 0.5) is 15.8 Å². The average molecular weight is 339 g/mol. The van der Waals surface area contributed by atoms with E-state index in [0.29, 0.717) is 17.0 Å². The Morgan fingerprint density at radius 1 is 1.16 bits per heavy atom. The SMILES string of the molecule is O=[N+]([O-])c1ccccc1NCc1ccc(Oc2cccnc2)c(F)c1. The molecule has 2 aromatic carbocycles. The molecule has 0 fully saturated rings. The van der Waals surface area contributed by atoms with Crippen molar-refractivity contribution in [2.75, 3.05) is 5.32 Å². The van der Waals surface area contributed by atoms with Crippen molar-refractivity contribution in [2.45, 2.75) is 6.54 Å². The van der Waals surface area contributed by atoms with Crippen molar-refractivity contribution in [2.24, 2.45) is 0 Å². The third-order valence-electron chi connectivity index (χ3n) is 3.44. The number of rotatable bonds is 6. The van der Waals surface area contributed by atoms with E-state index in [4.69, 9.17) is 4.74 Å². The van der Waals surface area contributed by atoms with Gasteiger partial charge in [0.25, 0.3) is 5.69 Å². The number of nitro benzene ring substituents is 1. The fourth-order valence-electron chi connectivity index (χ4n) is 2.25. The van der Waals surface area contributed by atoms with Gasteiger partial charge in [-0.3, -0.25) is 15.1 Å². The Labute approximate surface area is 143 Å². The molecule has 7 heteroatoms. The molecule has 3 rings (SSSR count). The number of benzene rings is 2. The Morgan fingerprint density at radius 2 is 2.00 bits per heavy atom. The van der Waals surface area contributed by atoms with Gasteiger partial charge in [-0.2, -0.15) is 0 Å². The lowest BCUT2D eigenvalue weighted by Crippen LogP contribution is -2.03. The van der Waals surface area contributed by atoms with E-state index in [9.17, 15) is 14.5 Å². The Kier molecular flexibility index (Phi) is 4.84. The Hall–Kier alpha value is -3.48. The Bertz CT molecular complexity index is 888. The third kappa shape index (κ3) is 4.08. The van der Waals surface area contributed by atoms with Gasteiger partial charge in [-0.05, 0) is 35.9 Å². The highest BCUT2D eigenvalue weighted by atomic mass is 19.1. The minimum atomic E-state index is -0.522. The van der Waals surface area contributed by atoms with Crippen molar-refractivity contribution in [3.8, 4) is 11.5 Å². The van der Waals surface area contributed by atoms with Crippen molar-refractivity contribution in [1.29, 1.82) is 0 Å². The lowest BCUT2D eigenvalue weighted by atomic mass is 10.2. The molecular formula is C18H14FN3O3. The van der Waals surface area contributed by atoms with Gasteiger partial charge in [0.2, 0.25) is 0 Å². The summed E-state index contributed by atoms with van der Waals surface area (Å²) in [5, 5.41) is 13.9. The van der Waals surface area contributed by atoms with Gasteiger partial charge in [0, 0.05) is 18.8 Å². The van der Waals surface area contributed by atoms with Crippen molar-refractivity contribution >= 4 is 11.4 Å². The molecule has 0 radical (unpaired) electrons. The van der Waals surface area contributed by atoms with Crippen molar-refractivity contribution in [3.63, 3.8) is 0 Å². The van der Waals surface area contributed by atoms with Crippen LogP contribution >= 0.6 is 0 Å². The second-order valence-corrected chi connectivity index (χ2v) is 5.18. The van der Waals surface area contributed by atoms with Crippen LogP contribution in [-0.2, 0) is 6.54 Å². The molecule has 1 N–H and O–H groups in total. The molecule has 0 bridgehead atoms. The van der Waals surface area contributed by atoms with Crippen LogP contribution in [0.25, 0.3) is 0 Å². The van der Waals surface area contributed by atoms with Crippen LogP contribution in [0.1, 0.15) is 5.56 Å². The Morgan fingerprint density at radius 3 is 2.72 bits per heavy atom. The van der Waals surface area contributed by atoms with E-state index >= 15 is 0 Å². The number of anilines is 1. The highest BCUT2D eigenvalue weighted by Crippen LogP contribution is 2.26. The molecule has 6 nitrogen and oxygen atoms in total. The molecule has 0 aliphatic carbocycles. The second kappa shape index (κ2) is 7.39. The molecule has 3 aromatic rings. The first-order valence-electron chi connectivity index (χ1n) is 7.47. The monoisotopic (exact) mass is 339 g/mol. The van der Waals surface area contributed by atoms with E-state index in [0.717, 1.165) is 0 Å². The van der Waals surface area contributed by atoms with E-state index < -0.39 is 10.7 Å². The summed E-state index contributed by atoms with van der Waals surface area (Å²) in [6.07, 6.45) is 3.09. The lowest BCUT2D eigenvalue weighted by molar-refractivity contribution is -0.384. The molecule has 1 aromatic heterocycles. The first-order chi connectivity index (χ1) is 12.1. The fourth-order valence-corrected chi connectivity index (χ4v) is 2.25. The van der Waals surface area contributed by atoms with Gasteiger partial charge < -0.3 is 10.1 Å². The molecule has 0 atom stereocenters. The molecule has 0 aliphatic rings. The van der Waals surface area contributed by atoms with Gasteiger partial charge in [-0.1, -0.05) is 18.2 Å². The van der Waals surface area contributed by atoms with Crippen LogP contribution in [0.15, 0.2) is 67.0 Å². The second-order valence-electron chi connectivity index (χ2n) is 5.18. The predicted molar refractivity (Wildman–Crippen MR) is 91.1 cm³/mol. The van der Waals surface area contributed by atoms with E-state index in [1.807, 2.05) is 0 Å². The van der Waals surface area contributed by atoms with Gasteiger partial charge in [-0.15, -0.1) is 0 Å². The van der Waals surface area contributed by atoms with Crippen LogP contribution in [-0.4, -0.2) is 9.91 Å². The molecule has 0 saturated carbocycles. The van der Waals surface area contributed by atoms with Crippen molar-refractivity contribution in [1.82, 2.24) is 4.98 Å². The number of nitrogens with zero attached hydrogens (tertiary/aromatic N) is 2. The lowest BCUT2D eigenvalue weighted by Gasteiger charge is -2.10. The maximum atomic E-state index is 14.2. The number of halogens is 1. The van der Waals surface area contributed by atoms with Gasteiger partial charge in [-0.25, -0.2) is 4.39 Å². The maximum absolute atomic E-state index is 14.2. The van der Waals surface area contributed by atoms with Gasteiger partial charge in [0.15, 0.2) is 11.6 Å². The molecule has 0 aliphatic heterocycles. The summed E-state index contributed by atoms with van der Waals surface area (Å²) in [6.45, 7) is 0.245. The first kappa shape index (κ1) is 16.4. The summed E-state index contributed by atoms with van der Waals surface area (Å²) in [5.41, 5.74) is 0.984. The van der Waals surface area contributed by atoms with E-state index in [2.05, 4.69) is 10.3 Å². The van der Waals surface area contributed by atoms with Gasteiger partial charge >= 0.3 is 0 Å². The number of hydrogen-bond acceptors (Lipinski definition) is 5. The first-order valence-corrected chi connectivity index (χ1v) is 7.47. The minimum Gasteiger partial charge on any atom is -0.453 e. The van der Waals surface area contributed by atoms with Crippen molar-refractivity contribution < 1.29 is 14.1 Å². The highest BCUT2D eigenvalue weighted by Gasteiger charge is 2.12. The third-order valence-corrected chi connectivity index (χ3v) is 3.44. The molecule has 25 heavy (non-hydrogen) atoms. The summed E-state index contributed by atoms with van der Waals surface area (Å²) >= 11 is 0. The number of para-hydroxylation sites is 2. The molecule has 0 spiro atoms. The van der Waals surface area contributed by atoms with Crippen LogP contribution in [0.3, 0.4) is 0 Å². The molecule has 0 unspecified atom stereocenters. The van der Waals surface area contributed by atoms with Gasteiger partial charge in [0.05, 0.1) is 11.1 Å². The number of nitro groups is 1. The van der Waals surface area contributed by atoms with E-state index in [1.165, 1.54) is 24.4 Å². The molecule has 0 saturated heterocycles. The summed E-state index contributed by atoms with van der Waals surface area (Å²) in [5.74, 6) is 0.000316. The van der Waals surface area contributed by atoms with Crippen LogP contribution in [0, 0.1) is 15.9 Å². The standard InChI is InChI=1S/C18H14FN3O3/c19-15-10-13(7-8-18(15)25-14-4-3-9-20-12-14)11-21-16-5-1-2-6-17(16)22(23)24/h1-10,12,21H,11H2. The zero-order valence-electron chi connectivity index (χ0n) is 13.1. The normalized spacial score (nSPS) is 10.3. The average Bonchev–Trinajstić information content (AvgIpc) is 2.63. The summed E-state index contributed by atoms with van der Waals surface area (Å²) in [4.78, 5) is 14.4. The molecular weight excluding hydrogens is 325 g/mol. The maximum Gasteiger partial charge on any atom is 0.292 e. The van der Waals surface area contributed by atoms with Crippen molar-refractivity contribution in [3.05, 3.63) is 88.5 Å². The minimum absolute atomic E-state index is 0.0282. The zero-order chi connectivity index (χ0) is 17.6. The van der Waals surface area contributed by atoms with E-state index in [1.54, 1.807) is 42.6 Å². The van der Waals surface area contributed by atoms with Gasteiger partial charge in [0.1, 0.15) is 11.4 Å². The number of ether oxygens (including phenoxy) is 1. The highest BCUT2D eigenvalue weighted by molar-refractivity contribution is 5.61. The summed E-state index contributed by atoms with van der Waals surface area (Å²) < 4.78 is 19.6. The predicted octanol–water partition coefficient (Wildman–Crippen LogP) is 4.53.